The maximum Gasteiger partial charge on any atom is 0.329 e. The fourth-order valence-corrected chi connectivity index (χ4v) is 2.73. The van der Waals surface area contributed by atoms with Crippen LogP contribution in [0.2, 0.25) is 0 Å². The largest absolute Gasteiger partial charge is 0.493 e. The summed E-state index contributed by atoms with van der Waals surface area (Å²) in [5, 5.41) is 9.37. The van der Waals surface area contributed by atoms with Crippen molar-refractivity contribution in [2.45, 2.75) is 38.6 Å². The molecule has 21 heavy (non-hydrogen) atoms. The van der Waals surface area contributed by atoms with Crippen LogP contribution in [0.25, 0.3) is 0 Å². The second-order valence-corrected chi connectivity index (χ2v) is 5.67. The second-order valence-electron chi connectivity index (χ2n) is 5.67. The highest BCUT2D eigenvalue weighted by Crippen LogP contribution is 2.35. The predicted molar refractivity (Wildman–Crippen MR) is 78.4 cm³/mol. The van der Waals surface area contributed by atoms with Crippen LogP contribution in [0.3, 0.4) is 0 Å². The SMILES string of the molecule is CCN(C(=O)C1CCOc2ccccc21)C(C)(C)C(=O)O. The number of carbonyl (C=O) groups is 2. The molecule has 0 aliphatic carbocycles. The van der Waals surface area contributed by atoms with Gasteiger partial charge in [0.15, 0.2) is 0 Å². The van der Waals surface area contributed by atoms with Crippen LogP contribution in [0.1, 0.15) is 38.7 Å². The Bertz CT molecular complexity index is 553. The Hall–Kier alpha value is -2.04. The van der Waals surface area contributed by atoms with Crippen molar-refractivity contribution >= 4 is 11.9 Å². The van der Waals surface area contributed by atoms with Gasteiger partial charge in [0.2, 0.25) is 5.91 Å². The topological polar surface area (TPSA) is 66.8 Å². The zero-order chi connectivity index (χ0) is 15.6. The van der Waals surface area contributed by atoms with Gasteiger partial charge in [-0.15, -0.1) is 0 Å². The Balaban J connectivity index is 2.34. The zero-order valence-electron chi connectivity index (χ0n) is 12.6. The second kappa shape index (κ2) is 5.76. The van der Waals surface area contributed by atoms with Crippen molar-refractivity contribution in [2.75, 3.05) is 13.2 Å². The van der Waals surface area contributed by atoms with E-state index in [9.17, 15) is 14.7 Å². The fraction of sp³-hybridized carbons (Fsp3) is 0.500. The van der Waals surface area contributed by atoms with Gasteiger partial charge in [-0.3, -0.25) is 4.79 Å². The molecule has 0 bridgehead atoms. The number of para-hydroxylation sites is 1. The third-order valence-corrected chi connectivity index (χ3v) is 4.04. The first-order valence-corrected chi connectivity index (χ1v) is 7.16. The summed E-state index contributed by atoms with van der Waals surface area (Å²) in [6, 6.07) is 7.45. The molecule has 114 valence electrons. The summed E-state index contributed by atoms with van der Waals surface area (Å²) in [6.07, 6.45) is 0.571. The van der Waals surface area contributed by atoms with Gasteiger partial charge in [-0.05, 0) is 33.3 Å². The smallest absolute Gasteiger partial charge is 0.329 e. The summed E-state index contributed by atoms with van der Waals surface area (Å²) in [5.41, 5.74) is -0.382. The minimum absolute atomic E-state index is 0.152. The molecule has 2 rings (SSSR count). The fourth-order valence-electron chi connectivity index (χ4n) is 2.73. The van der Waals surface area contributed by atoms with Crippen LogP contribution < -0.4 is 4.74 Å². The predicted octanol–water partition coefficient (Wildman–Crippen LogP) is 2.26. The average Bonchev–Trinajstić information content (AvgIpc) is 2.46. The minimum Gasteiger partial charge on any atom is -0.493 e. The lowest BCUT2D eigenvalue weighted by Crippen LogP contribution is -2.54. The van der Waals surface area contributed by atoms with Crippen molar-refractivity contribution in [3.05, 3.63) is 29.8 Å². The van der Waals surface area contributed by atoms with E-state index in [4.69, 9.17) is 4.74 Å². The molecule has 1 unspecified atom stereocenters. The molecule has 1 amide bonds. The van der Waals surface area contributed by atoms with Gasteiger partial charge in [0.25, 0.3) is 0 Å². The van der Waals surface area contributed by atoms with Crippen LogP contribution in [0, 0.1) is 0 Å². The maximum atomic E-state index is 12.9. The Kier molecular flexibility index (Phi) is 4.21. The molecule has 1 aliphatic heterocycles. The number of ether oxygens (including phenoxy) is 1. The van der Waals surface area contributed by atoms with Crippen molar-refractivity contribution in [2.24, 2.45) is 0 Å². The summed E-state index contributed by atoms with van der Waals surface area (Å²) in [4.78, 5) is 25.7. The number of amides is 1. The lowest BCUT2D eigenvalue weighted by molar-refractivity contribution is -0.157. The van der Waals surface area contributed by atoms with E-state index in [-0.39, 0.29) is 11.8 Å². The van der Waals surface area contributed by atoms with E-state index in [0.29, 0.717) is 25.3 Å². The van der Waals surface area contributed by atoms with Gasteiger partial charge in [0.1, 0.15) is 11.3 Å². The van der Waals surface area contributed by atoms with E-state index in [0.717, 1.165) is 5.56 Å². The molecule has 0 saturated carbocycles. The quantitative estimate of drug-likeness (QED) is 0.924. The maximum absolute atomic E-state index is 12.9. The number of aliphatic carboxylic acids is 1. The number of benzene rings is 1. The molecule has 1 atom stereocenters. The number of hydrogen-bond acceptors (Lipinski definition) is 3. The van der Waals surface area contributed by atoms with Gasteiger partial charge in [-0.25, -0.2) is 4.79 Å². The van der Waals surface area contributed by atoms with E-state index in [1.165, 1.54) is 4.90 Å². The van der Waals surface area contributed by atoms with Gasteiger partial charge in [-0.2, -0.15) is 0 Å². The third-order valence-electron chi connectivity index (χ3n) is 4.04. The first kappa shape index (κ1) is 15.4. The highest BCUT2D eigenvalue weighted by molar-refractivity contribution is 5.90. The number of nitrogens with zero attached hydrogens (tertiary/aromatic N) is 1. The molecule has 0 radical (unpaired) electrons. The van der Waals surface area contributed by atoms with Crippen molar-refractivity contribution in [1.82, 2.24) is 4.90 Å². The van der Waals surface area contributed by atoms with E-state index < -0.39 is 11.5 Å². The van der Waals surface area contributed by atoms with E-state index in [1.807, 2.05) is 24.3 Å². The molecule has 0 saturated heterocycles. The van der Waals surface area contributed by atoms with Gasteiger partial charge < -0.3 is 14.7 Å². The minimum atomic E-state index is -1.22. The molecule has 1 aliphatic rings. The number of hydrogen-bond donors (Lipinski definition) is 1. The monoisotopic (exact) mass is 291 g/mol. The standard InChI is InChI=1S/C16H21NO4/c1-4-17(16(2,3)15(19)20)14(18)12-9-10-21-13-8-6-5-7-11(12)13/h5-8,12H,4,9-10H2,1-3H3,(H,19,20). The van der Waals surface area contributed by atoms with Crippen LogP contribution in [0.5, 0.6) is 5.75 Å². The first-order chi connectivity index (χ1) is 9.89. The summed E-state index contributed by atoms with van der Waals surface area (Å²) >= 11 is 0. The van der Waals surface area contributed by atoms with Gasteiger partial charge in [0.05, 0.1) is 12.5 Å². The van der Waals surface area contributed by atoms with Gasteiger partial charge >= 0.3 is 5.97 Å². The van der Waals surface area contributed by atoms with E-state index >= 15 is 0 Å². The number of carboxylic acids is 1. The van der Waals surface area contributed by atoms with Crippen LogP contribution in [-0.4, -0.2) is 40.6 Å². The lowest BCUT2D eigenvalue weighted by Gasteiger charge is -2.38. The lowest BCUT2D eigenvalue weighted by atomic mass is 9.90. The Morgan fingerprint density at radius 3 is 2.67 bits per heavy atom. The van der Waals surface area contributed by atoms with Crippen molar-refractivity contribution in [3.63, 3.8) is 0 Å². The highest BCUT2D eigenvalue weighted by atomic mass is 16.5. The summed E-state index contributed by atoms with van der Waals surface area (Å²) in [6.45, 7) is 5.74. The number of rotatable bonds is 4. The van der Waals surface area contributed by atoms with Crippen molar-refractivity contribution in [1.29, 1.82) is 0 Å². The number of likely N-dealkylation sites (N-methyl/N-ethyl adjacent to an activating group) is 1. The van der Waals surface area contributed by atoms with Crippen molar-refractivity contribution in [3.8, 4) is 5.75 Å². The molecular weight excluding hydrogens is 270 g/mol. The van der Waals surface area contributed by atoms with Crippen LogP contribution in [0.15, 0.2) is 24.3 Å². The molecule has 1 N–H and O–H groups in total. The van der Waals surface area contributed by atoms with Gasteiger partial charge in [-0.1, -0.05) is 18.2 Å². The molecule has 5 nitrogen and oxygen atoms in total. The first-order valence-electron chi connectivity index (χ1n) is 7.16. The van der Waals surface area contributed by atoms with E-state index in [2.05, 4.69) is 0 Å². The van der Waals surface area contributed by atoms with Gasteiger partial charge in [0, 0.05) is 12.1 Å². The molecular formula is C16H21NO4. The molecule has 1 aromatic rings. The molecule has 1 aromatic carbocycles. The number of fused-ring (bicyclic) bond motifs is 1. The van der Waals surface area contributed by atoms with Crippen LogP contribution in [0.4, 0.5) is 0 Å². The Morgan fingerprint density at radius 2 is 2.05 bits per heavy atom. The highest BCUT2D eigenvalue weighted by Gasteiger charge is 2.41. The molecule has 1 heterocycles. The number of carboxylic acid groups (broad SMARTS) is 1. The normalized spacial score (nSPS) is 17.6. The van der Waals surface area contributed by atoms with Crippen molar-refractivity contribution < 1.29 is 19.4 Å². The van der Waals surface area contributed by atoms with Crippen LogP contribution in [-0.2, 0) is 9.59 Å². The summed E-state index contributed by atoms with van der Waals surface area (Å²) in [7, 11) is 0. The Labute approximate surface area is 124 Å². The van der Waals surface area contributed by atoms with E-state index in [1.54, 1.807) is 20.8 Å². The summed E-state index contributed by atoms with van der Waals surface area (Å²) < 4.78 is 5.56. The Morgan fingerprint density at radius 1 is 1.38 bits per heavy atom. The molecule has 0 aromatic heterocycles. The molecule has 5 heteroatoms. The molecule has 0 spiro atoms. The summed E-state index contributed by atoms with van der Waals surface area (Å²) in [5.74, 6) is -0.779. The number of carbonyl (C=O) groups excluding carboxylic acids is 1. The molecule has 0 fully saturated rings. The zero-order valence-corrected chi connectivity index (χ0v) is 12.6. The third kappa shape index (κ3) is 2.73. The van der Waals surface area contributed by atoms with Crippen LogP contribution >= 0.6 is 0 Å². The average molecular weight is 291 g/mol.